The number of benzene rings is 3. The number of nitriles is 8. The number of carbonyl (C=O) groups is 2. The highest BCUT2D eigenvalue weighted by Gasteiger charge is 2.51. The summed E-state index contributed by atoms with van der Waals surface area (Å²) in [4.78, 5) is 45.8. The van der Waals surface area contributed by atoms with E-state index < -0.39 is 11.6 Å². The van der Waals surface area contributed by atoms with Crippen LogP contribution in [0.5, 0.6) is 11.5 Å². The summed E-state index contributed by atoms with van der Waals surface area (Å²) in [5.74, 6) is 0.345. The van der Waals surface area contributed by atoms with Gasteiger partial charge in [-0.3, -0.25) is 9.59 Å². The molecule has 0 unspecified atom stereocenters. The molecule has 28 heteroatoms. The van der Waals surface area contributed by atoms with Gasteiger partial charge in [-0.05, 0) is 128 Å². The smallest absolute Gasteiger partial charge is 0.194 e. The normalized spacial score (nSPS) is 16.3. The maximum absolute atomic E-state index is 14.2. The van der Waals surface area contributed by atoms with E-state index in [9.17, 15) is 51.7 Å². The molecular formula is C86H42N12O4S12. The van der Waals surface area contributed by atoms with Crippen LogP contribution < -0.4 is 9.47 Å². The molecule has 7 aliphatic rings. The van der Waals surface area contributed by atoms with Crippen molar-refractivity contribution < 1.29 is 19.1 Å². The SMILES string of the molecule is COc1cc(/C=C2\C(=O)c3cc(C#N)c(C#N)cc3C2=C(C#N)C#N)sc1-c1cc2c(s1)-c1sc3c4c(sc3c1C2(C)C)-c1sc(-c2c3c(c(-c5cc6c(s5)-c5sc7c8c(sc7c5C6(C)C)-c5sc(-c6sc(/C=C7\C(=O)c9cc(C#N)c(C#N)cc9C7=C(C#N)C#N)cc6OC)cc5C8(C)C)c5nsnc25)N=S=N3)cc1C4(C)C. The van der Waals surface area contributed by atoms with Crippen LogP contribution in [0.25, 0.3) is 133 Å². The minimum absolute atomic E-state index is 0.0356. The number of carbonyl (C=O) groups excluding carboxylic acids is 2. The van der Waals surface area contributed by atoms with Crippen LogP contribution in [0.4, 0.5) is 11.4 Å². The first-order valence-electron chi connectivity index (χ1n) is 35.1. The summed E-state index contributed by atoms with van der Waals surface area (Å²) in [6, 6.07) is 34.4. The highest BCUT2D eigenvalue weighted by molar-refractivity contribution is 7.58. The molecule has 0 saturated heterocycles. The molecule has 6 aliphatic carbocycles. The average Bonchev–Trinajstić information content (AvgIpc) is 1.51. The maximum atomic E-state index is 14.2. The Bertz CT molecular complexity index is 7250. The largest absolute Gasteiger partial charge is 0.495 e. The first-order valence-corrected chi connectivity index (χ1v) is 44.7. The first-order chi connectivity index (χ1) is 54.9. The first kappa shape index (κ1) is 70.5. The van der Waals surface area contributed by atoms with E-state index in [0.717, 1.165) is 62.8 Å². The Labute approximate surface area is 696 Å². The van der Waals surface area contributed by atoms with E-state index in [1.165, 1.54) is 172 Å². The molecule has 16 nitrogen and oxygen atoms in total. The van der Waals surface area contributed by atoms with Crippen LogP contribution in [0.3, 0.4) is 0 Å². The lowest BCUT2D eigenvalue weighted by molar-refractivity contribution is 0.103. The van der Waals surface area contributed by atoms with Crippen molar-refractivity contribution in [1.29, 1.82) is 42.1 Å². The Morgan fingerprint density at radius 1 is 0.377 bits per heavy atom. The molecule has 0 saturated carbocycles. The van der Waals surface area contributed by atoms with Crippen LogP contribution in [0.15, 0.2) is 91.7 Å². The number of ketones is 2. The van der Waals surface area contributed by atoms with E-state index in [2.05, 4.69) is 79.7 Å². The summed E-state index contributed by atoms with van der Waals surface area (Å²) in [5, 5.41) is 79.8. The number of methoxy groups -OCH3 is 2. The standard InChI is InChI=1S/C86H42N12O4S12/c1-83(2)45-19-51(105-69(45)75-59(83)79-81(109-75)61-77(111-79)71-47(85(61,5)6)21-53(107-71)73-49(101-9)17-37(103-73)15-43-55(35(27-91)28-92)39-11-31(23-87)33(25-89)13-41(39)67(43)99)57-63-65(97-113-95-63)58(66-64(57)96-114-98-66)52-20-46-70(106-52)76-60(84(46,3)4)80-82(110-76)62-78(112-80)72-48(86(62,7)8)22-54(108-72)74-50(102-10)18-38(104-74)16-44-56(36(29-93)30-94)40-12-32(24-88)34(26-90)14-42(40)68(44)100/h11-22H,1-10H3/b43-15-,44-16-. The van der Waals surface area contributed by atoms with Gasteiger partial charge in [-0.15, -0.1) is 113 Å². The fraction of sp³-hybridized carbons (Fsp3) is 0.163. The van der Waals surface area contributed by atoms with Crippen molar-refractivity contribution in [3.8, 4) is 139 Å². The van der Waals surface area contributed by atoms with Crippen LogP contribution >= 0.6 is 125 Å². The van der Waals surface area contributed by atoms with Gasteiger partial charge in [0, 0.05) is 115 Å². The number of ether oxygens (including phenoxy) is 2. The van der Waals surface area contributed by atoms with Gasteiger partial charge in [0.2, 0.25) is 0 Å². The predicted molar refractivity (Wildman–Crippen MR) is 460 cm³/mol. The van der Waals surface area contributed by atoms with E-state index in [1.807, 2.05) is 129 Å². The Hall–Kier alpha value is -11.4. The minimum atomic E-state index is -0.445. The molecule has 0 fully saturated rings. The second kappa shape index (κ2) is 24.1. The van der Waals surface area contributed by atoms with E-state index in [4.69, 9.17) is 26.9 Å². The van der Waals surface area contributed by atoms with Crippen molar-refractivity contribution in [1.82, 2.24) is 8.75 Å². The van der Waals surface area contributed by atoms with Gasteiger partial charge in [-0.1, -0.05) is 55.4 Å². The molecule has 14 aromatic rings. The zero-order valence-electron chi connectivity index (χ0n) is 60.8. The number of rotatable bonds is 8. The van der Waals surface area contributed by atoms with Crippen molar-refractivity contribution in [2.45, 2.75) is 77.0 Å². The van der Waals surface area contributed by atoms with Gasteiger partial charge in [0.15, 0.2) is 11.6 Å². The van der Waals surface area contributed by atoms with E-state index in [-0.39, 0.29) is 99.6 Å². The molecule has 12 heterocycles. The average molecular weight is 1690 g/mol. The lowest BCUT2D eigenvalue weighted by Gasteiger charge is -2.21. The molecule has 21 rings (SSSR count). The Kier molecular flexibility index (Phi) is 14.9. The van der Waals surface area contributed by atoms with Crippen LogP contribution in [0, 0.1) is 90.6 Å². The van der Waals surface area contributed by atoms with Gasteiger partial charge >= 0.3 is 0 Å². The lowest BCUT2D eigenvalue weighted by atomic mass is 9.81. The molecule has 114 heavy (non-hydrogen) atoms. The van der Waals surface area contributed by atoms with Crippen molar-refractivity contribution in [3.05, 3.63) is 182 Å². The third kappa shape index (κ3) is 9.03. The van der Waals surface area contributed by atoms with Crippen LogP contribution in [0.2, 0.25) is 0 Å². The third-order valence-electron chi connectivity index (χ3n) is 23.1. The van der Waals surface area contributed by atoms with Gasteiger partial charge in [0.25, 0.3) is 0 Å². The van der Waals surface area contributed by atoms with Gasteiger partial charge in [-0.25, -0.2) is 0 Å². The molecule has 0 N–H and O–H groups in total. The number of hydrogen-bond donors (Lipinski definition) is 0. The van der Waals surface area contributed by atoms with E-state index in [1.54, 1.807) is 49.0 Å². The van der Waals surface area contributed by atoms with Gasteiger partial charge in [0.05, 0.1) is 108 Å². The molecule has 542 valence electrons. The van der Waals surface area contributed by atoms with Gasteiger partial charge in [-0.2, -0.15) is 59.6 Å². The predicted octanol–water partition coefficient (Wildman–Crippen LogP) is 24.9. The number of allylic oxidation sites excluding steroid dienone is 6. The van der Waals surface area contributed by atoms with Crippen molar-refractivity contribution in [2.75, 3.05) is 14.2 Å². The molecule has 1 aliphatic heterocycles. The summed E-state index contributed by atoms with van der Waals surface area (Å²) >= 11 is 20.0. The number of hydrogen-bond acceptors (Lipinski definition) is 27. The molecule has 0 amide bonds. The second-order valence-electron chi connectivity index (χ2n) is 30.3. The quantitative estimate of drug-likeness (QED) is 0.101. The molecule has 0 atom stereocenters. The molecular weight excluding hydrogens is 1650 g/mol. The van der Waals surface area contributed by atoms with E-state index in [0.29, 0.717) is 21.3 Å². The highest BCUT2D eigenvalue weighted by Crippen LogP contribution is 2.71. The second-order valence-corrected chi connectivity index (χ2v) is 41.8. The van der Waals surface area contributed by atoms with Gasteiger partial charge in [0.1, 0.15) is 93.6 Å². The summed E-state index contributed by atoms with van der Waals surface area (Å²) in [7, 11) is 3.24. The summed E-state index contributed by atoms with van der Waals surface area (Å²) in [6.07, 6.45) is 3.35. The van der Waals surface area contributed by atoms with Crippen LogP contribution in [-0.4, -0.2) is 34.5 Å². The molecule has 0 bridgehead atoms. The number of nitrogens with zero attached hydrogens (tertiary/aromatic N) is 12. The highest BCUT2D eigenvalue weighted by atomic mass is 32.1. The Morgan fingerprint density at radius 3 is 0.991 bits per heavy atom. The lowest BCUT2D eigenvalue weighted by Crippen LogP contribution is -2.15. The molecule has 11 aromatic heterocycles. The molecule has 3 aromatic carbocycles. The number of thiophene rings is 10. The Morgan fingerprint density at radius 2 is 0.684 bits per heavy atom. The monoisotopic (exact) mass is 1690 g/mol. The summed E-state index contributed by atoms with van der Waals surface area (Å²) in [6.45, 7) is 18.7. The number of Topliss-reactive ketones (excluding diaryl/α,β-unsaturated/α-hetero) is 2. The van der Waals surface area contributed by atoms with Crippen LogP contribution in [-0.2, 0) is 33.0 Å². The molecule has 0 spiro atoms. The summed E-state index contributed by atoms with van der Waals surface area (Å²) < 4.78 is 37.9. The van der Waals surface area contributed by atoms with Crippen molar-refractivity contribution in [2.24, 2.45) is 8.73 Å². The fourth-order valence-electron chi connectivity index (χ4n) is 17.7. The number of aromatic nitrogens is 2. The van der Waals surface area contributed by atoms with Crippen LogP contribution in [0.1, 0.15) is 164 Å². The van der Waals surface area contributed by atoms with Crippen molar-refractivity contribution >= 4 is 213 Å². The zero-order chi connectivity index (χ0) is 78.9. The maximum Gasteiger partial charge on any atom is 0.194 e. The third-order valence-corrected chi connectivity index (χ3v) is 37.0. The fourth-order valence-corrected chi connectivity index (χ4v) is 34.2. The Balaban J connectivity index is 0.590. The minimum Gasteiger partial charge on any atom is -0.495 e. The van der Waals surface area contributed by atoms with Gasteiger partial charge < -0.3 is 9.47 Å². The topological polar surface area (TPSA) is 293 Å². The molecule has 0 radical (unpaired) electrons. The van der Waals surface area contributed by atoms with E-state index >= 15 is 0 Å². The summed E-state index contributed by atoms with van der Waals surface area (Å²) in [5.41, 5.74) is 15.3. The number of fused-ring (bicyclic) bond motifs is 22. The van der Waals surface area contributed by atoms with Crippen molar-refractivity contribution in [3.63, 3.8) is 0 Å². The zero-order valence-corrected chi connectivity index (χ0v) is 70.6.